The van der Waals surface area contributed by atoms with E-state index in [-0.39, 0.29) is 24.2 Å². The summed E-state index contributed by atoms with van der Waals surface area (Å²) in [5.74, 6) is -1.75. The molecule has 0 spiro atoms. The van der Waals surface area contributed by atoms with Crippen molar-refractivity contribution in [3.63, 3.8) is 0 Å². The predicted molar refractivity (Wildman–Crippen MR) is 66.2 cm³/mol. The fourth-order valence-electron chi connectivity index (χ4n) is 2.16. The molecule has 20 heavy (non-hydrogen) atoms. The van der Waals surface area contributed by atoms with Crippen LogP contribution in [0.15, 0.2) is 24.3 Å². The third-order valence-electron chi connectivity index (χ3n) is 3.15. The first-order valence-electron chi connectivity index (χ1n) is 5.86. The Balaban J connectivity index is 2.22. The Morgan fingerprint density at radius 1 is 1.30 bits per heavy atom. The van der Waals surface area contributed by atoms with Gasteiger partial charge in [0.1, 0.15) is 6.04 Å². The Hall–Kier alpha value is -2.48. The largest absolute Gasteiger partial charge is 0.480 e. The average Bonchev–Trinajstić information content (AvgIpc) is 2.80. The second-order valence-corrected chi connectivity index (χ2v) is 4.51. The summed E-state index contributed by atoms with van der Waals surface area (Å²) in [6.45, 7) is -0.0627. The number of aliphatic carboxylic acids is 1. The van der Waals surface area contributed by atoms with Gasteiger partial charge in [0.05, 0.1) is 11.0 Å². The van der Waals surface area contributed by atoms with Crippen molar-refractivity contribution >= 4 is 17.6 Å². The van der Waals surface area contributed by atoms with Crippen molar-refractivity contribution in [2.75, 3.05) is 6.54 Å². The molecule has 8 nitrogen and oxygen atoms in total. The number of hydrogen-bond donors (Lipinski definition) is 2. The van der Waals surface area contributed by atoms with Crippen molar-refractivity contribution < 1.29 is 24.7 Å². The number of carboxylic acids is 1. The van der Waals surface area contributed by atoms with Gasteiger partial charge >= 0.3 is 5.97 Å². The number of nitro groups is 1. The number of hydrogen-bond acceptors (Lipinski definition) is 5. The molecule has 1 aliphatic heterocycles. The molecule has 2 atom stereocenters. The zero-order valence-electron chi connectivity index (χ0n) is 10.3. The number of carbonyl (C=O) groups is 2. The Labute approximate surface area is 113 Å². The number of aliphatic hydroxyl groups is 1. The minimum Gasteiger partial charge on any atom is -0.480 e. The van der Waals surface area contributed by atoms with E-state index in [0.29, 0.717) is 0 Å². The van der Waals surface area contributed by atoms with Gasteiger partial charge in [0.25, 0.3) is 11.6 Å². The predicted octanol–water partition coefficient (Wildman–Crippen LogP) is 0.255. The van der Waals surface area contributed by atoms with Crippen LogP contribution in [0.5, 0.6) is 0 Å². The number of likely N-dealkylation sites (tertiary alicyclic amines) is 1. The molecule has 0 aromatic heterocycles. The number of benzene rings is 1. The zero-order valence-corrected chi connectivity index (χ0v) is 10.3. The quantitative estimate of drug-likeness (QED) is 0.605. The number of nitrogens with zero attached hydrogens (tertiary/aromatic N) is 2. The molecule has 0 unspecified atom stereocenters. The first kappa shape index (κ1) is 13.9. The second-order valence-electron chi connectivity index (χ2n) is 4.51. The maximum atomic E-state index is 12.2. The molecule has 1 heterocycles. The Bertz CT molecular complexity index is 556. The monoisotopic (exact) mass is 280 g/mol. The van der Waals surface area contributed by atoms with Gasteiger partial charge in [-0.05, 0) is 12.1 Å². The van der Waals surface area contributed by atoms with Crippen LogP contribution in [0.25, 0.3) is 0 Å². The summed E-state index contributed by atoms with van der Waals surface area (Å²) in [4.78, 5) is 34.2. The number of carbonyl (C=O) groups excluding carboxylic acids is 1. The maximum Gasteiger partial charge on any atom is 0.326 e. The summed E-state index contributed by atoms with van der Waals surface area (Å²) in [6.07, 6.45) is -0.897. The SMILES string of the molecule is O=C(O)[C@@H]1C[C@@H](O)CN1C(=O)c1ccc([N+](=O)[O-])cc1. The van der Waals surface area contributed by atoms with Gasteiger partial charge in [-0.15, -0.1) is 0 Å². The van der Waals surface area contributed by atoms with E-state index in [1.807, 2.05) is 0 Å². The molecular formula is C12H12N2O6. The van der Waals surface area contributed by atoms with Gasteiger partial charge in [-0.25, -0.2) is 4.79 Å². The van der Waals surface area contributed by atoms with Crippen LogP contribution in [0.3, 0.4) is 0 Å². The van der Waals surface area contributed by atoms with Gasteiger partial charge in [0, 0.05) is 30.7 Å². The van der Waals surface area contributed by atoms with E-state index in [2.05, 4.69) is 0 Å². The highest BCUT2D eigenvalue weighted by Crippen LogP contribution is 2.22. The molecule has 0 radical (unpaired) electrons. The molecule has 2 rings (SSSR count). The number of amides is 1. The Morgan fingerprint density at radius 2 is 1.90 bits per heavy atom. The fraction of sp³-hybridized carbons (Fsp3) is 0.333. The molecule has 1 fully saturated rings. The topological polar surface area (TPSA) is 121 Å². The highest BCUT2D eigenvalue weighted by Gasteiger charge is 2.39. The van der Waals surface area contributed by atoms with E-state index in [1.165, 1.54) is 24.3 Å². The van der Waals surface area contributed by atoms with E-state index in [1.54, 1.807) is 0 Å². The molecule has 106 valence electrons. The first-order valence-corrected chi connectivity index (χ1v) is 5.86. The maximum absolute atomic E-state index is 12.2. The molecular weight excluding hydrogens is 268 g/mol. The van der Waals surface area contributed by atoms with Gasteiger partial charge in [-0.2, -0.15) is 0 Å². The Morgan fingerprint density at radius 3 is 2.40 bits per heavy atom. The number of rotatable bonds is 3. The number of nitro benzene ring substituents is 1. The van der Waals surface area contributed by atoms with Crippen LogP contribution in [0.4, 0.5) is 5.69 Å². The van der Waals surface area contributed by atoms with Gasteiger partial charge in [0.15, 0.2) is 0 Å². The van der Waals surface area contributed by atoms with Gasteiger partial charge in [0.2, 0.25) is 0 Å². The van der Waals surface area contributed by atoms with Crippen LogP contribution in [0.2, 0.25) is 0 Å². The molecule has 0 aliphatic carbocycles. The van der Waals surface area contributed by atoms with E-state index in [4.69, 9.17) is 5.11 Å². The molecule has 1 aromatic rings. The van der Waals surface area contributed by atoms with Gasteiger partial charge < -0.3 is 15.1 Å². The smallest absolute Gasteiger partial charge is 0.326 e. The molecule has 0 bridgehead atoms. The summed E-state index contributed by atoms with van der Waals surface area (Å²) in [6, 6.07) is 3.81. The van der Waals surface area contributed by atoms with Crippen LogP contribution in [0.1, 0.15) is 16.8 Å². The summed E-state index contributed by atoms with van der Waals surface area (Å²) >= 11 is 0. The number of carboxylic acid groups (broad SMARTS) is 1. The van der Waals surface area contributed by atoms with Crippen molar-refractivity contribution in [3.05, 3.63) is 39.9 Å². The lowest BCUT2D eigenvalue weighted by Gasteiger charge is -2.21. The third-order valence-corrected chi connectivity index (χ3v) is 3.15. The molecule has 2 N–H and O–H groups in total. The summed E-state index contributed by atoms with van der Waals surface area (Å²) < 4.78 is 0. The standard InChI is InChI=1S/C12H12N2O6/c15-9-5-10(12(17)18)13(6-9)11(16)7-1-3-8(4-2-7)14(19)20/h1-4,9-10,15H,5-6H2,(H,17,18)/t9-,10+/m1/s1. The van der Waals surface area contributed by atoms with Crippen molar-refractivity contribution in [2.45, 2.75) is 18.6 Å². The molecule has 8 heteroatoms. The fourth-order valence-corrected chi connectivity index (χ4v) is 2.16. The lowest BCUT2D eigenvalue weighted by atomic mass is 10.1. The van der Waals surface area contributed by atoms with E-state index >= 15 is 0 Å². The lowest BCUT2D eigenvalue weighted by molar-refractivity contribution is -0.384. The van der Waals surface area contributed by atoms with E-state index in [9.17, 15) is 24.8 Å². The number of aliphatic hydroxyl groups excluding tert-OH is 1. The van der Waals surface area contributed by atoms with Crippen molar-refractivity contribution in [1.29, 1.82) is 0 Å². The molecule has 1 aliphatic rings. The average molecular weight is 280 g/mol. The summed E-state index contributed by atoms with van der Waals surface area (Å²) in [5.41, 5.74) is -0.00580. The summed E-state index contributed by atoms with van der Waals surface area (Å²) in [5, 5.41) is 29.0. The Kier molecular flexibility index (Phi) is 3.66. The van der Waals surface area contributed by atoms with Crippen LogP contribution >= 0.6 is 0 Å². The summed E-state index contributed by atoms with van der Waals surface area (Å²) in [7, 11) is 0. The lowest BCUT2D eigenvalue weighted by Crippen LogP contribution is -2.40. The van der Waals surface area contributed by atoms with Gasteiger partial charge in [-0.1, -0.05) is 0 Å². The first-order chi connectivity index (χ1) is 9.40. The minimum absolute atomic E-state index is 0.0198. The van der Waals surface area contributed by atoms with Gasteiger partial charge in [-0.3, -0.25) is 14.9 Å². The molecule has 0 saturated carbocycles. The van der Waals surface area contributed by atoms with Crippen molar-refractivity contribution in [3.8, 4) is 0 Å². The second kappa shape index (κ2) is 5.25. The van der Waals surface area contributed by atoms with Crippen LogP contribution in [-0.2, 0) is 4.79 Å². The minimum atomic E-state index is -1.18. The highest BCUT2D eigenvalue weighted by molar-refractivity contribution is 5.97. The van der Waals surface area contributed by atoms with E-state index in [0.717, 1.165) is 4.90 Å². The third kappa shape index (κ3) is 2.59. The number of β-amino-alcohol motifs (C(OH)–C–C–N with tert-alkyl or cyclic N) is 1. The molecule has 1 aromatic carbocycles. The van der Waals surface area contributed by atoms with Crippen LogP contribution in [-0.4, -0.2) is 50.6 Å². The van der Waals surface area contributed by atoms with Crippen molar-refractivity contribution in [1.82, 2.24) is 4.90 Å². The van der Waals surface area contributed by atoms with E-state index < -0.39 is 28.9 Å². The van der Waals surface area contributed by atoms with Crippen LogP contribution < -0.4 is 0 Å². The molecule has 1 saturated heterocycles. The van der Waals surface area contributed by atoms with Crippen LogP contribution in [0, 0.1) is 10.1 Å². The molecule has 1 amide bonds. The van der Waals surface area contributed by atoms with Crippen molar-refractivity contribution in [2.24, 2.45) is 0 Å². The highest BCUT2D eigenvalue weighted by atomic mass is 16.6. The zero-order chi connectivity index (χ0) is 14.9. The normalized spacial score (nSPS) is 21.8. The number of non-ortho nitro benzene ring substituents is 1.